The molecular formula is C17H17N3O5. The molecule has 0 atom stereocenters. The summed E-state index contributed by atoms with van der Waals surface area (Å²) in [5.74, 6) is -0.513. The highest BCUT2D eigenvalue weighted by molar-refractivity contribution is 6.08. The molecule has 1 amide bonds. The summed E-state index contributed by atoms with van der Waals surface area (Å²) in [6, 6.07) is 9.18. The second-order valence-corrected chi connectivity index (χ2v) is 5.49. The van der Waals surface area contributed by atoms with Crippen LogP contribution >= 0.6 is 0 Å². The Morgan fingerprint density at radius 2 is 1.72 bits per heavy atom. The van der Waals surface area contributed by atoms with Gasteiger partial charge < -0.3 is 4.90 Å². The Bertz CT molecular complexity index is 863. The van der Waals surface area contributed by atoms with Gasteiger partial charge in [-0.3, -0.25) is 25.0 Å². The van der Waals surface area contributed by atoms with Crippen molar-refractivity contribution in [3.05, 3.63) is 73.3 Å². The number of nitro benzene ring substituents is 2. The van der Waals surface area contributed by atoms with Crippen molar-refractivity contribution in [2.24, 2.45) is 0 Å². The second kappa shape index (κ2) is 7.08. The van der Waals surface area contributed by atoms with E-state index < -0.39 is 27.1 Å². The summed E-state index contributed by atoms with van der Waals surface area (Å²) in [5, 5.41) is 22.3. The number of nitrogens with zero attached hydrogens (tertiary/aromatic N) is 3. The van der Waals surface area contributed by atoms with Gasteiger partial charge in [0.05, 0.1) is 21.5 Å². The Balaban J connectivity index is 2.63. The SMILES string of the molecule is CCN(C(=O)c1cc([N+](=O)[O-])cc([N+](=O)[O-])c1C)c1ccccc1C. The summed E-state index contributed by atoms with van der Waals surface area (Å²) in [7, 11) is 0. The number of nitro groups is 2. The number of anilines is 1. The molecule has 2 aromatic rings. The van der Waals surface area contributed by atoms with Crippen LogP contribution in [0.4, 0.5) is 17.1 Å². The highest BCUT2D eigenvalue weighted by atomic mass is 16.6. The molecule has 0 fully saturated rings. The second-order valence-electron chi connectivity index (χ2n) is 5.49. The maximum absolute atomic E-state index is 13.0. The van der Waals surface area contributed by atoms with E-state index >= 15 is 0 Å². The summed E-state index contributed by atoms with van der Waals surface area (Å²) in [5.41, 5.74) is 0.636. The normalized spacial score (nSPS) is 10.4. The molecule has 8 heteroatoms. The monoisotopic (exact) mass is 343 g/mol. The van der Waals surface area contributed by atoms with Crippen molar-refractivity contribution < 1.29 is 14.6 Å². The van der Waals surface area contributed by atoms with Gasteiger partial charge >= 0.3 is 0 Å². The first-order valence-electron chi connectivity index (χ1n) is 7.58. The van der Waals surface area contributed by atoms with Crippen LogP contribution in [-0.4, -0.2) is 22.3 Å². The summed E-state index contributed by atoms with van der Waals surface area (Å²) >= 11 is 0. The third-order valence-corrected chi connectivity index (χ3v) is 3.97. The fraction of sp³-hybridized carbons (Fsp3) is 0.235. The van der Waals surface area contributed by atoms with Crippen LogP contribution in [0.25, 0.3) is 0 Å². The van der Waals surface area contributed by atoms with E-state index in [1.54, 1.807) is 19.1 Å². The van der Waals surface area contributed by atoms with Gasteiger partial charge in [0.1, 0.15) is 0 Å². The lowest BCUT2D eigenvalue weighted by molar-refractivity contribution is -0.394. The van der Waals surface area contributed by atoms with Gasteiger partial charge in [0, 0.05) is 23.9 Å². The Hall–Kier alpha value is -3.29. The van der Waals surface area contributed by atoms with Crippen molar-refractivity contribution in [3.8, 4) is 0 Å². The summed E-state index contributed by atoms with van der Waals surface area (Å²) < 4.78 is 0. The minimum Gasteiger partial charge on any atom is -0.308 e. The van der Waals surface area contributed by atoms with Gasteiger partial charge in [-0.2, -0.15) is 0 Å². The molecule has 0 N–H and O–H groups in total. The van der Waals surface area contributed by atoms with Gasteiger partial charge in [-0.05, 0) is 32.4 Å². The third-order valence-electron chi connectivity index (χ3n) is 3.97. The topological polar surface area (TPSA) is 107 Å². The minimum atomic E-state index is -0.743. The number of aryl methyl sites for hydroxylation is 1. The van der Waals surface area contributed by atoms with E-state index in [2.05, 4.69) is 0 Å². The molecule has 8 nitrogen and oxygen atoms in total. The molecule has 0 saturated carbocycles. The highest BCUT2D eigenvalue weighted by Crippen LogP contribution is 2.30. The first-order valence-corrected chi connectivity index (χ1v) is 7.58. The van der Waals surface area contributed by atoms with Crippen LogP contribution in [0.2, 0.25) is 0 Å². The fourth-order valence-electron chi connectivity index (χ4n) is 2.64. The zero-order valence-corrected chi connectivity index (χ0v) is 14.1. The molecule has 0 aliphatic heterocycles. The van der Waals surface area contributed by atoms with E-state index in [-0.39, 0.29) is 11.1 Å². The molecule has 0 radical (unpaired) electrons. The molecule has 0 aromatic heterocycles. The molecule has 0 bridgehead atoms. The number of para-hydroxylation sites is 1. The molecule has 130 valence electrons. The first-order chi connectivity index (χ1) is 11.8. The van der Waals surface area contributed by atoms with Gasteiger partial charge in [-0.1, -0.05) is 18.2 Å². The molecule has 0 heterocycles. The third kappa shape index (κ3) is 3.47. The summed E-state index contributed by atoms with van der Waals surface area (Å²) in [6.45, 7) is 5.35. The molecule has 0 aliphatic rings. The van der Waals surface area contributed by atoms with Crippen molar-refractivity contribution in [1.29, 1.82) is 0 Å². The lowest BCUT2D eigenvalue weighted by Crippen LogP contribution is -2.32. The molecular weight excluding hydrogens is 326 g/mol. The Morgan fingerprint density at radius 1 is 1.08 bits per heavy atom. The average molecular weight is 343 g/mol. The Morgan fingerprint density at radius 3 is 2.24 bits per heavy atom. The average Bonchev–Trinajstić information content (AvgIpc) is 2.56. The largest absolute Gasteiger partial charge is 0.308 e. The molecule has 2 aromatic carbocycles. The predicted molar refractivity (Wildman–Crippen MR) is 93.0 cm³/mol. The summed E-state index contributed by atoms with van der Waals surface area (Å²) in [4.78, 5) is 35.2. The number of rotatable bonds is 5. The maximum atomic E-state index is 13.0. The van der Waals surface area contributed by atoms with Crippen LogP contribution in [0.5, 0.6) is 0 Å². The lowest BCUT2D eigenvalue weighted by atomic mass is 10.0. The van der Waals surface area contributed by atoms with Gasteiger partial charge in [0.25, 0.3) is 17.3 Å². The molecule has 2 rings (SSSR count). The van der Waals surface area contributed by atoms with E-state index in [4.69, 9.17) is 0 Å². The minimum absolute atomic E-state index is 0.0500. The first kappa shape index (κ1) is 18.1. The van der Waals surface area contributed by atoms with Crippen molar-refractivity contribution >= 4 is 23.0 Å². The number of hydrogen-bond donors (Lipinski definition) is 0. The van der Waals surface area contributed by atoms with Gasteiger partial charge in [-0.25, -0.2) is 0 Å². The highest BCUT2D eigenvalue weighted by Gasteiger charge is 2.27. The van der Waals surface area contributed by atoms with Crippen molar-refractivity contribution in [3.63, 3.8) is 0 Å². The van der Waals surface area contributed by atoms with Crippen molar-refractivity contribution in [2.45, 2.75) is 20.8 Å². The fourth-order valence-corrected chi connectivity index (χ4v) is 2.64. The predicted octanol–water partition coefficient (Wildman–Crippen LogP) is 3.79. The number of non-ortho nitro benzene ring substituents is 1. The van der Waals surface area contributed by atoms with Crippen LogP contribution < -0.4 is 4.90 Å². The van der Waals surface area contributed by atoms with Crippen molar-refractivity contribution in [1.82, 2.24) is 0 Å². The number of amides is 1. The lowest BCUT2D eigenvalue weighted by Gasteiger charge is -2.23. The van der Waals surface area contributed by atoms with E-state index in [1.807, 2.05) is 19.1 Å². The van der Waals surface area contributed by atoms with Crippen LogP contribution in [0.15, 0.2) is 36.4 Å². The zero-order chi connectivity index (χ0) is 18.7. The van der Waals surface area contributed by atoms with E-state index in [0.717, 1.165) is 17.7 Å². The van der Waals surface area contributed by atoms with Crippen LogP contribution in [0.1, 0.15) is 28.4 Å². The Kier molecular flexibility index (Phi) is 5.11. The van der Waals surface area contributed by atoms with E-state index in [9.17, 15) is 25.0 Å². The van der Waals surface area contributed by atoms with Gasteiger partial charge in [-0.15, -0.1) is 0 Å². The maximum Gasteiger partial charge on any atom is 0.279 e. The van der Waals surface area contributed by atoms with Gasteiger partial charge in [0.15, 0.2) is 0 Å². The molecule has 0 saturated heterocycles. The van der Waals surface area contributed by atoms with E-state index in [0.29, 0.717) is 12.2 Å². The molecule has 0 unspecified atom stereocenters. The number of carbonyl (C=O) groups excluding carboxylic acids is 1. The van der Waals surface area contributed by atoms with Crippen LogP contribution in [0.3, 0.4) is 0 Å². The number of hydrogen-bond acceptors (Lipinski definition) is 5. The zero-order valence-electron chi connectivity index (χ0n) is 14.1. The van der Waals surface area contributed by atoms with Crippen LogP contribution in [0, 0.1) is 34.1 Å². The molecule has 25 heavy (non-hydrogen) atoms. The smallest absolute Gasteiger partial charge is 0.279 e. The van der Waals surface area contributed by atoms with Gasteiger partial charge in [0.2, 0.25) is 0 Å². The Labute approximate surface area is 144 Å². The number of benzene rings is 2. The molecule has 0 spiro atoms. The quantitative estimate of drug-likeness (QED) is 0.606. The van der Waals surface area contributed by atoms with E-state index in [1.165, 1.54) is 11.8 Å². The molecule has 0 aliphatic carbocycles. The summed E-state index contributed by atoms with van der Waals surface area (Å²) in [6.07, 6.45) is 0. The standard InChI is InChI=1S/C17H17N3O5/c1-4-18(15-8-6-5-7-11(15)2)17(21)14-9-13(19(22)23)10-16(12(14)3)20(24)25/h5-10H,4H2,1-3H3. The number of carbonyl (C=O) groups is 1. The van der Waals surface area contributed by atoms with Crippen molar-refractivity contribution in [2.75, 3.05) is 11.4 Å². The van der Waals surface area contributed by atoms with Crippen LogP contribution in [-0.2, 0) is 0 Å².